The van der Waals surface area contributed by atoms with Crippen LogP contribution in [-0.4, -0.2) is 23.5 Å². The van der Waals surface area contributed by atoms with Crippen LogP contribution in [0.25, 0.3) is 0 Å². The monoisotopic (exact) mass is 320 g/mol. The van der Waals surface area contributed by atoms with Crippen LogP contribution in [0.5, 0.6) is 5.75 Å². The smallest absolute Gasteiger partial charge is 0.303 e. The summed E-state index contributed by atoms with van der Waals surface area (Å²) in [5.74, 6) is 0.353. The Morgan fingerprint density at radius 1 is 1.17 bits per heavy atom. The topological polar surface area (TPSA) is 63.6 Å². The zero-order valence-corrected chi connectivity index (χ0v) is 14.8. The van der Waals surface area contributed by atoms with Crippen molar-refractivity contribution in [2.75, 3.05) is 6.61 Å². The van der Waals surface area contributed by atoms with Gasteiger partial charge in [-0.05, 0) is 36.0 Å². The molecule has 4 heteroatoms. The van der Waals surface area contributed by atoms with Gasteiger partial charge in [0.25, 0.3) is 0 Å². The van der Waals surface area contributed by atoms with E-state index in [9.17, 15) is 9.59 Å². The lowest BCUT2D eigenvalue weighted by atomic mass is 9.84. The quantitative estimate of drug-likeness (QED) is 0.718. The van der Waals surface area contributed by atoms with E-state index in [1.54, 1.807) is 6.07 Å². The van der Waals surface area contributed by atoms with Gasteiger partial charge in [-0.2, -0.15) is 0 Å². The Balaban J connectivity index is 2.95. The van der Waals surface area contributed by atoms with Gasteiger partial charge in [-0.3, -0.25) is 9.59 Å². The van der Waals surface area contributed by atoms with Crippen LogP contribution in [0.15, 0.2) is 18.2 Å². The van der Waals surface area contributed by atoms with Crippen molar-refractivity contribution in [1.29, 1.82) is 0 Å². The molecule has 0 spiro atoms. The highest BCUT2D eigenvalue weighted by molar-refractivity contribution is 5.96. The highest BCUT2D eigenvalue weighted by atomic mass is 16.5. The van der Waals surface area contributed by atoms with Crippen molar-refractivity contribution in [2.24, 2.45) is 5.92 Å². The Morgan fingerprint density at radius 3 is 2.35 bits per heavy atom. The second kappa shape index (κ2) is 8.14. The lowest BCUT2D eigenvalue weighted by molar-refractivity contribution is -0.137. The van der Waals surface area contributed by atoms with Crippen LogP contribution in [0.3, 0.4) is 0 Å². The summed E-state index contributed by atoms with van der Waals surface area (Å²) in [7, 11) is 0. The van der Waals surface area contributed by atoms with Gasteiger partial charge in [-0.25, -0.2) is 0 Å². The number of carbonyl (C=O) groups excluding carboxylic acids is 1. The van der Waals surface area contributed by atoms with Crippen molar-refractivity contribution in [3.05, 3.63) is 29.3 Å². The maximum atomic E-state index is 12.2. The summed E-state index contributed by atoms with van der Waals surface area (Å²) in [6.07, 6.45) is 0.639. The number of carboxylic acid groups (broad SMARTS) is 1. The van der Waals surface area contributed by atoms with E-state index in [1.165, 1.54) is 0 Å². The summed E-state index contributed by atoms with van der Waals surface area (Å²) in [6, 6.07) is 5.51. The van der Waals surface area contributed by atoms with Gasteiger partial charge in [0.1, 0.15) is 5.75 Å². The SMILES string of the molecule is CC(C)COc1ccc(C(=O)CCCC(=O)O)cc1C(C)(C)C. The van der Waals surface area contributed by atoms with E-state index in [0.29, 0.717) is 24.5 Å². The Morgan fingerprint density at radius 2 is 1.83 bits per heavy atom. The van der Waals surface area contributed by atoms with Crippen molar-refractivity contribution in [3.8, 4) is 5.75 Å². The molecule has 23 heavy (non-hydrogen) atoms. The second-order valence-corrected chi connectivity index (χ2v) is 7.34. The average molecular weight is 320 g/mol. The first-order chi connectivity index (χ1) is 10.6. The molecule has 1 aromatic carbocycles. The van der Waals surface area contributed by atoms with E-state index in [2.05, 4.69) is 34.6 Å². The number of benzene rings is 1. The first-order valence-corrected chi connectivity index (χ1v) is 8.13. The van der Waals surface area contributed by atoms with E-state index in [4.69, 9.17) is 9.84 Å². The minimum absolute atomic E-state index is 0.0211. The van der Waals surface area contributed by atoms with Crippen LogP contribution in [0.4, 0.5) is 0 Å². The Hall–Kier alpha value is -1.84. The van der Waals surface area contributed by atoms with Crippen molar-refractivity contribution >= 4 is 11.8 Å². The number of hydrogen-bond acceptors (Lipinski definition) is 3. The second-order valence-electron chi connectivity index (χ2n) is 7.34. The molecule has 0 aliphatic heterocycles. The van der Waals surface area contributed by atoms with Crippen LogP contribution in [0.2, 0.25) is 0 Å². The molecular formula is C19H28O4. The third kappa shape index (κ3) is 6.43. The average Bonchev–Trinajstić information content (AvgIpc) is 2.43. The third-order valence-electron chi connectivity index (χ3n) is 3.48. The van der Waals surface area contributed by atoms with Crippen molar-refractivity contribution in [2.45, 2.75) is 59.3 Å². The summed E-state index contributed by atoms with van der Waals surface area (Å²) < 4.78 is 5.88. The molecule has 0 heterocycles. The van der Waals surface area contributed by atoms with Crippen molar-refractivity contribution in [1.82, 2.24) is 0 Å². The number of ether oxygens (including phenoxy) is 1. The van der Waals surface area contributed by atoms with Crippen LogP contribution < -0.4 is 4.74 Å². The first-order valence-electron chi connectivity index (χ1n) is 8.13. The highest BCUT2D eigenvalue weighted by Gasteiger charge is 2.21. The van der Waals surface area contributed by atoms with Gasteiger partial charge in [0.2, 0.25) is 0 Å². The molecule has 1 N–H and O–H groups in total. The number of Topliss-reactive ketones (excluding diaryl/α,β-unsaturated/α-hetero) is 1. The summed E-state index contributed by atoms with van der Waals surface area (Å²) in [5, 5.41) is 8.66. The Bertz CT molecular complexity index is 553. The fraction of sp³-hybridized carbons (Fsp3) is 0.579. The molecule has 0 aromatic heterocycles. The van der Waals surface area contributed by atoms with Gasteiger partial charge in [-0.15, -0.1) is 0 Å². The standard InChI is InChI=1S/C19H28O4/c1-13(2)12-23-17-10-9-14(11-15(17)19(3,4)5)16(20)7-6-8-18(21)22/h9-11,13H,6-8,12H2,1-5H3,(H,21,22). The molecule has 0 aliphatic rings. The molecule has 4 nitrogen and oxygen atoms in total. The number of aliphatic carboxylic acids is 1. The molecule has 0 saturated heterocycles. The summed E-state index contributed by atoms with van der Waals surface area (Å²) >= 11 is 0. The van der Waals surface area contributed by atoms with Crippen molar-refractivity contribution in [3.63, 3.8) is 0 Å². The molecule has 0 atom stereocenters. The maximum absolute atomic E-state index is 12.2. The van der Waals surface area contributed by atoms with E-state index in [1.807, 2.05) is 12.1 Å². The molecule has 0 radical (unpaired) electrons. The third-order valence-corrected chi connectivity index (χ3v) is 3.48. The van der Waals surface area contributed by atoms with Crippen LogP contribution in [0, 0.1) is 5.92 Å². The minimum Gasteiger partial charge on any atom is -0.493 e. The molecule has 0 amide bonds. The van der Waals surface area contributed by atoms with Crippen molar-refractivity contribution < 1.29 is 19.4 Å². The number of rotatable bonds is 8. The zero-order valence-electron chi connectivity index (χ0n) is 14.8. The van der Waals surface area contributed by atoms with Gasteiger partial charge in [0.15, 0.2) is 5.78 Å². The molecule has 0 fully saturated rings. The molecule has 0 bridgehead atoms. The van der Waals surface area contributed by atoms with Gasteiger partial charge in [0, 0.05) is 24.0 Å². The maximum Gasteiger partial charge on any atom is 0.303 e. The predicted octanol–water partition coefficient (Wildman–Crippen LogP) is 4.46. The summed E-state index contributed by atoms with van der Waals surface area (Å²) in [5.41, 5.74) is 1.49. The zero-order chi connectivity index (χ0) is 17.6. The molecule has 0 saturated carbocycles. The molecule has 1 aromatic rings. The lowest BCUT2D eigenvalue weighted by Crippen LogP contribution is -2.16. The largest absolute Gasteiger partial charge is 0.493 e. The number of hydrogen-bond donors (Lipinski definition) is 1. The Kier molecular flexibility index (Phi) is 6.79. The van der Waals surface area contributed by atoms with Gasteiger partial charge in [0.05, 0.1) is 6.61 Å². The molecule has 0 unspecified atom stereocenters. The van der Waals surface area contributed by atoms with Gasteiger partial charge < -0.3 is 9.84 Å². The predicted molar refractivity (Wildman–Crippen MR) is 91.3 cm³/mol. The van der Waals surface area contributed by atoms with E-state index >= 15 is 0 Å². The summed E-state index contributed by atoms with van der Waals surface area (Å²) in [6.45, 7) is 11.1. The Labute approximate surface area is 138 Å². The molecule has 0 aliphatic carbocycles. The molecular weight excluding hydrogens is 292 g/mol. The number of ketones is 1. The number of carboxylic acids is 1. The van der Waals surface area contributed by atoms with Crippen LogP contribution in [-0.2, 0) is 10.2 Å². The number of carbonyl (C=O) groups is 2. The highest BCUT2D eigenvalue weighted by Crippen LogP contribution is 2.33. The summed E-state index contributed by atoms with van der Waals surface area (Å²) in [4.78, 5) is 22.8. The fourth-order valence-corrected chi connectivity index (χ4v) is 2.22. The molecule has 1 rings (SSSR count). The van der Waals surface area contributed by atoms with E-state index in [0.717, 1.165) is 11.3 Å². The van der Waals surface area contributed by atoms with E-state index in [-0.39, 0.29) is 24.0 Å². The van der Waals surface area contributed by atoms with Crippen LogP contribution >= 0.6 is 0 Å². The van der Waals surface area contributed by atoms with Crippen LogP contribution in [0.1, 0.15) is 69.8 Å². The van der Waals surface area contributed by atoms with E-state index < -0.39 is 5.97 Å². The minimum atomic E-state index is -0.870. The first kappa shape index (κ1) is 19.2. The lowest BCUT2D eigenvalue weighted by Gasteiger charge is -2.24. The normalized spacial score (nSPS) is 11.6. The molecule has 128 valence electrons. The van der Waals surface area contributed by atoms with Gasteiger partial charge >= 0.3 is 5.97 Å². The fourth-order valence-electron chi connectivity index (χ4n) is 2.22. The van der Waals surface area contributed by atoms with Gasteiger partial charge in [-0.1, -0.05) is 34.6 Å².